The maximum Gasteiger partial charge on any atom is 0.259 e. The first-order chi connectivity index (χ1) is 11.8. The molecule has 1 aromatic rings. The number of rotatable bonds is 2. The molecule has 0 bridgehead atoms. The van der Waals surface area contributed by atoms with E-state index in [1.807, 2.05) is 25.8 Å². The van der Waals surface area contributed by atoms with Crippen molar-refractivity contribution in [3.05, 3.63) is 24.3 Å². The van der Waals surface area contributed by atoms with E-state index >= 15 is 0 Å². The number of carbonyl (C=O) groups excluding carboxylic acids is 3. The molecular weight excluding hydrogens is 322 g/mol. The van der Waals surface area contributed by atoms with Crippen LogP contribution in [0.5, 0.6) is 5.75 Å². The normalized spacial score (nSPS) is 30.9. The molecule has 3 atom stereocenters. The lowest BCUT2D eigenvalue weighted by Gasteiger charge is -2.36. The summed E-state index contributed by atoms with van der Waals surface area (Å²) in [4.78, 5) is 39.8. The van der Waals surface area contributed by atoms with Crippen LogP contribution in [0.4, 0.5) is 5.69 Å². The van der Waals surface area contributed by atoms with E-state index < -0.39 is 12.0 Å². The standard InChI is InChI=1S/C18H21N3O4/c1-10-14-15(20-13(22)9-18(2,3)21(10)20)17(24)19(16(14)23)11-5-7-12(25-4)8-6-11/h5-8,10,14-15H,9H2,1-4H3/t10-,14+,15-/m1/s1. The molecule has 0 radical (unpaired) electrons. The molecule has 0 unspecified atom stereocenters. The molecular formula is C18H21N3O4. The Labute approximate surface area is 146 Å². The summed E-state index contributed by atoms with van der Waals surface area (Å²) in [6, 6.07) is 5.86. The highest BCUT2D eigenvalue weighted by molar-refractivity contribution is 6.24. The highest BCUT2D eigenvalue weighted by Crippen LogP contribution is 2.47. The molecule has 0 aliphatic carbocycles. The summed E-state index contributed by atoms with van der Waals surface area (Å²) in [5.74, 6) is -0.550. The Balaban J connectivity index is 1.72. The minimum absolute atomic E-state index is 0.0953. The third kappa shape index (κ3) is 1.99. The number of nitrogens with zero attached hydrogens (tertiary/aromatic N) is 3. The largest absolute Gasteiger partial charge is 0.497 e. The molecule has 3 aliphatic rings. The van der Waals surface area contributed by atoms with Crippen molar-refractivity contribution in [1.82, 2.24) is 10.0 Å². The maximum atomic E-state index is 13.1. The van der Waals surface area contributed by atoms with Gasteiger partial charge in [-0.05, 0) is 45.0 Å². The zero-order chi connectivity index (χ0) is 18.1. The Hall–Kier alpha value is -2.41. The van der Waals surface area contributed by atoms with Gasteiger partial charge in [-0.1, -0.05) is 0 Å². The molecule has 0 saturated carbocycles. The summed E-state index contributed by atoms with van der Waals surface area (Å²) in [5, 5.41) is 3.45. The minimum Gasteiger partial charge on any atom is -0.497 e. The van der Waals surface area contributed by atoms with E-state index in [4.69, 9.17) is 4.74 Å². The van der Waals surface area contributed by atoms with Gasteiger partial charge >= 0.3 is 0 Å². The Morgan fingerprint density at radius 3 is 2.32 bits per heavy atom. The van der Waals surface area contributed by atoms with Crippen LogP contribution in [0.3, 0.4) is 0 Å². The molecule has 0 spiro atoms. The van der Waals surface area contributed by atoms with E-state index in [2.05, 4.69) is 0 Å². The van der Waals surface area contributed by atoms with Gasteiger partial charge in [0.1, 0.15) is 11.8 Å². The molecule has 0 aromatic heterocycles. The predicted octanol–water partition coefficient (Wildman–Crippen LogP) is 1.18. The quantitative estimate of drug-likeness (QED) is 0.754. The van der Waals surface area contributed by atoms with E-state index in [9.17, 15) is 14.4 Å². The molecule has 1 aromatic carbocycles. The van der Waals surface area contributed by atoms with Gasteiger partial charge in [0.05, 0.1) is 18.7 Å². The first-order valence-electron chi connectivity index (χ1n) is 8.41. The molecule has 3 amide bonds. The third-order valence-corrected chi connectivity index (χ3v) is 5.51. The monoisotopic (exact) mass is 343 g/mol. The maximum absolute atomic E-state index is 13.1. The summed E-state index contributed by atoms with van der Waals surface area (Å²) in [5.41, 5.74) is 0.127. The van der Waals surface area contributed by atoms with Crippen molar-refractivity contribution in [2.45, 2.75) is 44.8 Å². The fraction of sp³-hybridized carbons (Fsp3) is 0.500. The number of amides is 3. The highest BCUT2D eigenvalue weighted by Gasteiger charge is 2.66. The molecule has 3 saturated heterocycles. The Bertz CT molecular complexity index is 773. The van der Waals surface area contributed by atoms with Crippen LogP contribution in [0, 0.1) is 5.92 Å². The summed E-state index contributed by atoms with van der Waals surface area (Å²) in [7, 11) is 1.56. The molecule has 7 heteroatoms. The van der Waals surface area contributed by atoms with Crippen LogP contribution in [0.15, 0.2) is 24.3 Å². The van der Waals surface area contributed by atoms with E-state index in [0.717, 1.165) is 0 Å². The fourth-order valence-electron chi connectivity index (χ4n) is 4.52. The smallest absolute Gasteiger partial charge is 0.259 e. The van der Waals surface area contributed by atoms with Crippen LogP contribution in [0.1, 0.15) is 27.2 Å². The number of hydrazine groups is 1. The second-order valence-electron chi connectivity index (χ2n) is 7.49. The highest BCUT2D eigenvalue weighted by atomic mass is 16.5. The lowest BCUT2D eigenvalue weighted by molar-refractivity contribution is -0.146. The average molecular weight is 343 g/mol. The molecule has 7 nitrogen and oxygen atoms in total. The van der Waals surface area contributed by atoms with Crippen molar-refractivity contribution in [3.8, 4) is 5.75 Å². The van der Waals surface area contributed by atoms with E-state index in [0.29, 0.717) is 17.9 Å². The zero-order valence-electron chi connectivity index (χ0n) is 14.7. The number of benzene rings is 1. The molecule has 4 rings (SSSR count). The lowest BCUT2D eigenvalue weighted by atomic mass is 9.92. The summed E-state index contributed by atoms with van der Waals surface area (Å²) >= 11 is 0. The van der Waals surface area contributed by atoms with Crippen molar-refractivity contribution in [3.63, 3.8) is 0 Å². The Kier molecular flexibility index (Phi) is 3.25. The number of hydrogen-bond donors (Lipinski definition) is 0. The molecule has 3 fully saturated rings. The van der Waals surface area contributed by atoms with Crippen molar-refractivity contribution >= 4 is 23.4 Å². The van der Waals surface area contributed by atoms with Gasteiger partial charge in [0.2, 0.25) is 11.8 Å². The number of hydrogen-bond acceptors (Lipinski definition) is 5. The first kappa shape index (κ1) is 16.1. The molecule has 3 heterocycles. The second-order valence-corrected chi connectivity index (χ2v) is 7.49. The topological polar surface area (TPSA) is 70.2 Å². The second kappa shape index (κ2) is 5.05. The first-order valence-corrected chi connectivity index (χ1v) is 8.41. The number of carbonyl (C=O) groups is 3. The van der Waals surface area contributed by atoms with Crippen molar-refractivity contribution in [2.75, 3.05) is 12.0 Å². The average Bonchev–Trinajstić information content (AvgIpc) is 3.10. The van der Waals surface area contributed by atoms with Crippen LogP contribution in [-0.4, -0.2) is 52.5 Å². The molecule has 0 N–H and O–H groups in total. The van der Waals surface area contributed by atoms with Crippen LogP contribution >= 0.6 is 0 Å². The number of ether oxygens (including phenoxy) is 1. The van der Waals surface area contributed by atoms with Crippen LogP contribution in [0.2, 0.25) is 0 Å². The minimum atomic E-state index is -0.737. The summed E-state index contributed by atoms with van der Waals surface area (Å²) in [6.45, 7) is 5.86. The van der Waals surface area contributed by atoms with E-state index in [1.165, 1.54) is 9.91 Å². The SMILES string of the molecule is COc1ccc(N2C(=O)[C@H]3[C@@H](C)N4N(C(=O)CC4(C)C)[C@H]3C2=O)cc1. The van der Waals surface area contributed by atoms with Gasteiger partial charge in [0.25, 0.3) is 5.91 Å². The number of fused-ring (bicyclic) bond motifs is 3. The number of methoxy groups -OCH3 is 1. The van der Waals surface area contributed by atoms with Gasteiger partial charge in [-0.3, -0.25) is 19.4 Å². The van der Waals surface area contributed by atoms with Crippen molar-refractivity contribution in [2.24, 2.45) is 5.92 Å². The van der Waals surface area contributed by atoms with Gasteiger partial charge in [-0.2, -0.15) is 0 Å². The van der Waals surface area contributed by atoms with Crippen LogP contribution in [-0.2, 0) is 14.4 Å². The Morgan fingerprint density at radius 1 is 1.08 bits per heavy atom. The van der Waals surface area contributed by atoms with Gasteiger partial charge < -0.3 is 4.74 Å². The summed E-state index contributed by atoms with van der Waals surface area (Å²) < 4.78 is 5.12. The summed E-state index contributed by atoms with van der Waals surface area (Å²) in [6.07, 6.45) is 0.352. The van der Waals surface area contributed by atoms with Gasteiger partial charge in [0, 0.05) is 18.0 Å². The lowest BCUT2D eigenvalue weighted by Crippen LogP contribution is -2.51. The van der Waals surface area contributed by atoms with E-state index in [1.54, 1.807) is 31.4 Å². The number of imide groups is 1. The molecule has 132 valence electrons. The van der Waals surface area contributed by atoms with Gasteiger partial charge in [0.15, 0.2) is 0 Å². The zero-order valence-corrected chi connectivity index (χ0v) is 14.7. The van der Waals surface area contributed by atoms with Crippen molar-refractivity contribution in [1.29, 1.82) is 0 Å². The van der Waals surface area contributed by atoms with Gasteiger partial charge in [-0.25, -0.2) is 9.91 Å². The van der Waals surface area contributed by atoms with Gasteiger partial charge in [-0.15, -0.1) is 0 Å². The van der Waals surface area contributed by atoms with Crippen LogP contribution < -0.4 is 9.64 Å². The molecule has 3 aliphatic heterocycles. The van der Waals surface area contributed by atoms with E-state index in [-0.39, 0.29) is 29.3 Å². The van der Waals surface area contributed by atoms with Crippen molar-refractivity contribution < 1.29 is 19.1 Å². The number of anilines is 1. The Morgan fingerprint density at radius 2 is 1.72 bits per heavy atom. The fourth-order valence-corrected chi connectivity index (χ4v) is 4.52. The predicted molar refractivity (Wildman–Crippen MR) is 89.6 cm³/mol. The van der Waals surface area contributed by atoms with Crippen LogP contribution in [0.25, 0.3) is 0 Å². The third-order valence-electron chi connectivity index (χ3n) is 5.51. The molecule has 25 heavy (non-hydrogen) atoms.